The summed E-state index contributed by atoms with van der Waals surface area (Å²) >= 11 is 0. The van der Waals surface area contributed by atoms with Gasteiger partial charge in [-0.1, -0.05) is 29.8 Å². The van der Waals surface area contributed by atoms with E-state index >= 15 is 0 Å². The van der Waals surface area contributed by atoms with Crippen molar-refractivity contribution in [1.29, 1.82) is 0 Å². The van der Waals surface area contributed by atoms with Crippen molar-refractivity contribution in [1.82, 2.24) is 0 Å². The van der Waals surface area contributed by atoms with Crippen LogP contribution in [0.25, 0.3) is 0 Å². The minimum Gasteiger partial charge on any atom is -0.467 e. The van der Waals surface area contributed by atoms with Crippen LogP contribution in [0.1, 0.15) is 30.9 Å². The van der Waals surface area contributed by atoms with Gasteiger partial charge in [0.2, 0.25) is 0 Å². The zero-order chi connectivity index (χ0) is 13.2. The molecule has 0 amide bonds. The minimum absolute atomic E-state index is 0.388. The Balaban J connectivity index is 2.07. The van der Waals surface area contributed by atoms with Crippen molar-refractivity contribution < 1.29 is 19.3 Å². The topological polar surface area (TPSA) is 44.8 Å². The van der Waals surface area contributed by atoms with Crippen molar-refractivity contribution >= 4 is 5.97 Å². The zero-order valence-corrected chi connectivity index (χ0v) is 10.9. The van der Waals surface area contributed by atoms with Gasteiger partial charge in [0.1, 0.15) is 5.60 Å². The maximum Gasteiger partial charge on any atom is 0.338 e. The smallest absolute Gasteiger partial charge is 0.338 e. The number of methoxy groups -OCH3 is 1. The normalized spacial score (nSPS) is 27.8. The molecule has 18 heavy (non-hydrogen) atoms. The molecule has 0 unspecified atom stereocenters. The first-order chi connectivity index (χ1) is 8.55. The predicted molar refractivity (Wildman–Crippen MR) is 65.7 cm³/mol. The Morgan fingerprint density at radius 2 is 2.06 bits per heavy atom. The fourth-order valence-electron chi connectivity index (χ4n) is 2.05. The van der Waals surface area contributed by atoms with E-state index in [9.17, 15) is 4.79 Å². The second-order valence-corrected chi connectivity index (χ2v) is 4.83. The van der Waals surface area contributed by atoms with E-state index in [2.05, 4.69) is 4.74 Å². The molecule has 0 aromatic heterocycles. The first-order valence-electron chi connectivity index (χ1n) is 6.04. The zero-order valence-electron chi connectivity index (χ0n) is 10.9. The minimum atomic E-state index is -0.617. The summed E-state index contributed by atoms with van der Waals surface area (Å²) in [7, 11) is 1.35. The molecule has 4 heteroatoms. The molecule has 0 radical (unpaired) electrons. The van der Waals surface area contributed by atoms with Crippen LogP contribution in [-0.4, -0.2) is 19.2 Å². The molecule has 0 N–H and O–H groups in total. The summed E-state index contributed by atoms with van der Waals surface area (Å²) in [6, 6.07) is 8.13. The number of carbonyl (C=O) groups excluding carboxylic acids is 1. The van der Waals surface area contributed by atoms with Crippen LogP contribution in [0.2, 0.25) is 0 Å². The van der Waals surface area contributed by atoms with E-state index in [0.717, 1.165) is 12.0 Å². The molecule has 1 heterocycles. The Labute approximate surface area is 107 Å². The van der Waals surface area contributed by atoms with Gasteiger partial charge in [0.25, 0.3) is 0 Å². The maximum atomic E-state index is 11.3. The summed E-state index contributed by atoms with van der Waals surface area (Å²) in [4.78, 5) is 21.9. The van der Waals surface area contributed by atoms with E-state index < -0.39 is 11.7 Å². The van der Waals surface area contributed by atoms with Gasteiger partial charge in [-0.05, 0) is 32.3 Å². The van der Waals surface area contributed by atoms with E-state index in [1.165, 1.54) is 12.7 Å². The lowest BCUT2D eigenvalue weighted by Gasteiger charge is -2.35. The Morgan fingerprint density at radius 1 is 1.39 bits per heavy atom. The molecule has 1 aliphatic heterocycles. The van der Waals surface area contributed by atoms with Gasteiger partial charge < -0.3 is 4.74 Å². The van der Waals surface area contributed by atoms with Gasteiger partial charge in [0, 0.05) is 0 Å². The maximum absolute atomic E-state index is 11.3. The van der Waals surface area contributed by atoms with Gasteiger partial charge in [0.05, 0.1) is 7.11 Å². The van der Waals surface area contributed by atoms with E-state index in [0.29, 0.717) is 6.42 Å². The molecule has 2 atom stereocenters. The van der Waals surface area contributed by atoms with Gasteiger partial charge in [-0.25, -0.2) is 14.6 Å². The Hall–Kier alpha value is -1.39. The summed E-state index contributed by atoms with van der Waals surface area (Å²) in [6.45, 7) is 4.00. The van der Waals surface area contributed by atoms with Crippen molar-refractivity contribution in [3.63, 3.8) is 0 Å². The SMILES string of the molecule is COC(=O)[C@H]1CC[C@@](C)(c2ccc(C)cc2)OO1. The van der Waals surface area contributed by atoms with Gasteiger partial charge in [0.15, 0.2) is 6.10 Å². The molecule has 0 aliphatic carbocycles. The van der Waals surface area contributed by atoms with Gasteiger partial charge in [-0.15, -0.1) is 0 Å². The Kier molecular flexibility index (Phi) is 3.68. The molecule has 1 saturated heterocycles. The molecule has 1 aliphatic rings. The summed E-state index contributed by atoms with van der Waals surface area (Å²) in [6.07, 6.45) is 0.695. The standard InChI is InChI=1S/C14H18O4/c1-10-4-6-11(7-5-10)14(2)9-8-12(17-18-14)13(15)16-3/h4-7,12H,8-9H2,1-3H3/t12-,14+/m1/s1. The summed E-state index contributed by atoms with van der Waals surface area (Å²) in [5.41, 5.74) is 1.75. The lowest BCUT2D eigenvalue weighted by Crippen LogP contribution is -2.39. The number of carbonyl (C=O) groups is 1. The van der Waals surface area contributed by atoms with Gasteiger partial charge in [-0.2, -0.15) is 0 Å². The highest BCUT2D eigenvalue weighted by atomic mass is 17.2. The molecule has 1 fully saturated rings. The van der Waals surface area contributed by atoms with Crippen molar-refractivity contribution in [2.45, 2.75) is 38.4 Å². The van der Waals surface area contributed by atoms with E-state index in [1.807, 2.05) is 38.1 Å². The van der Waals surface area contributed by atoms with E-state index in [-0.39, 0.29) is 5.97 Å². The Bertz CT molecular complexity index is 416. The number of benzene rings is 1. The predicted octanol–water partition coefficient (Wildman–Crippen LogP) is 2.49. The number of hydrogen-bond acceptors (Lipinski definition) is 4. The molecule has 98 valence electrons. The van der Waals surface area contributed by atoms with Crippen LogP contribution >= 0.6 is 0 Å². The quantitative estimate of drug-likeness (QED) is 0.597. The number of esters is 1. The number of hydrogen-bond donors (Lipinski definition) is 0. The van der Waals surface area contributed by atoms with Crippen LogP contribution in [0.5, 0.6) is 0 Å². The second kappa shape index (κ2) is 5.08. The fraction of sp³-hybridized carbons (Fsp3) is 0.500. The average molecular weight is 250 g/mol. The first kappa shape index (κ1) is 13.1. The van der Waals surface area contributed by atoms with Crippen LogP contribution in [0.4, 0.5) is 0 Å². The summed E-state index contributed by atoms with van der Waals surface area (Å²) in [5.74, 6) is -0.388. The first-order valence-corrected chi connectivity index (χ1v) is 6.04. The van der Waals surface area contributed by atoms with Crippen LogP contribution in [0.15, 0.2) is 24.3 Å². The van der Waals surface area contributed by atoms with Crippen molar-refractivity contribution in [3.8, 4) is 0 Å². The van der Waals surface area contributed by atoms with Crippen molar-refractivity contribution in [2.24, 2.45) is 0 Å². The summed E-state index contributed by atoms with van der Waals surface area (Å²) in [5, 5.41) is 0. The van der Waals surface area contributed by atoms with Crippen LogP contribution < -0.4 is 0 Å². The third-order valence-electron chi connectivity index (χ3n) is 3.36. The molecular weight excluding hydrogens is 232 g/mol. The monoisotopic (exact) mass is 250 g/mol. The lowest BCUT2D eigenvalue weighted by atomic mass is 9.89. The molecule has 1 aromatic rings. The molecule has 4 nitrogen and oxygen atoms in total. The molecule has 2 rings (SSSR count). The van der Waals surface area contributed by atoms with Gasteiger partial charge >= 0.3 is 5.97 Å². The average Bonchev–Trinajstić information content (AvgIpc) is 2.39. The largest absolute Gasteiger partial charge is 0.467 e. The fourth-order valence-corrected chi connectivity index (χ4v) is 2.05. The van der Waals surface area contributed by atoms with Crippen LogP contribution in [-0.2, 0) is 24.9 Å². The summed E-state index contributed by atoms with van der Waals surface area (Å²) < 4.78 is 4.64. The molecular formula is C14H18O4. The molecule has 0 bridgehead atoms. The molecule has 0 spiro atoms. The van der Waals surface area contributed by atoms with E-state index in [1.54, 1.807) is 0 Å². The third kappa shape index (κ3) is 2.54. The molecule has 0 saturated carbocycles. The number of rotatable bonds is 2. The number of aryl methyl sites for hydroxylation is 1. The lowest BCUT2D eigenvalue weighted by molar-refractivity contribution is -0.404. The third-order valence-corrected chi connectivity index (χ3v) is 3.36. The van der Waals surface area contributed by atoms with Crippen molar-refractivity contribution in [3.05, 3.63) is 35.4 Å². The van der Waals surface area contributed by atoms with Crippen molar-refractivity contribution in [2.75, 3.05) is 7.11 Å². The Morgan fingerprint density at radius 3 is 2.56 bits per heavy atom. The second-order valence-electron chi connectivity index (χ2n) is 4.83. The number of ether oxygens (including phenoxy) is 1. The highest BCUT2D eigenvalue weighted by Crippen LogP contribution is 2.36. The molecule has 1 aromatic carbocycles. The highest BCUT2D eigenvalue weighted by molar-refractivity contribution is 5.74. The van der Waals surface area contributed by atoms with Gasteiger partial charge in [-0.3, -0.25) is 0 Å². The van der Waals surface area contributed by atoms with E-state index in [4.69, 9.17) is 9.78 Å². The van der Waals surface area contributed by atoms with Crippen LogP contribution in [0, 0.1) is 6.92 Å². The van der Waals surface area contributed by atoms with Crippen LogP contribution in [0.3, 0.4) is 0 Å². The highest BCUT2D eigenvalue weighted by Gasteiger charge is 2.38.